The maximum Gasteiger partial charge on any atom is 0.349 e. The van der Waals surface area contributed by atoms with Gasteiger partial charge in [0.25, 0.3) is 11.1 Å². The van der Waals surface area contributed by atoms with Crippen LogP contribution in [0.5, 0.6) is 11.6 Å². The van der Waals surface area contributed by atoms with Gasteiger partial charge in [-0.3, -0.25) is 24.2 Å². The molecule has 0 saturated heterocycles. The van der Waals surface area contributed by atoms with E-state index in [1.165, 1.54) is 32.0 Å². The van der Waals surface area contributed by atoms with Crippen LogP contribution in [0.25, 0.3) is 5.69 Å². The number of halogens is 2. The molecule has 2 N–H and O–H groups in total. The maximum atomic E-state index is 12.6. The van der Waals surface area contributed by atoms with E-state index < -0.39 is 34.8 Å². The Morgan fingerprint density at radius 1 is 0.974 bits per heavy atom. The number of aromatic amines is 2. The summed E-state index contributed by atoms with van der Waals surface area (Å²) in [4.78, 5) is 64.0. The first-order chi connectivity index (χ1) is 18.0. The summed E-state index contributed by atoms with van der Waals surface area (Å²) in [7, 11) is 0. The van der Waals surface area contributed by atoms with E-state index >= 15 is 0 Å². The van der Waals surface area contributed by atoms with Crippen molar-refractivity contribution in [1.29, 1.82) is 0 Å². The van der Waals surface area contributed by atoms with Gasteiger partial charge in [0.1, 0.15) is 0 Å². The molecule has 3 rings (SSSR count). The standard InChI is InChI=1S/C23H23Cl2N5O8/c1-5-36-21(33)16(22(34)37-6-2)17-20(32)26-23(35)30(29-17)11-7-13(24)18(14(25)8-11)38-15-9-12(10(3)4)19(31)28-27-15/h7-10,16H,5-6H2,1-4H3,(H,28,31)(H,26,32,35). The van der Waals surface area contributed by atoms with Crippen molar-refractivity contribution in [1.82, 2.24) is 25.0 Å². The van der Waals surface area contributed by atoms with Crippen molar-refractivity contribution < 1.29 is 23.8 Å². The van der Waals surface area contributed by atoms with Crippen LogP contribution in [-0.4, -0.2) is 50.1 Å². The van der Waals surface area contributed by atoms with Crippen molar-refractivity contribution >= 4 is 35.1 Å². The topological polar surface area (TPSA) is 175 Å². The third-order valence-electron chi connectivity index (χ3n) is 5.04. The summed E-state index contributed by atoms with van der Waals surface area (Å²) in [5.74, 6) is -4.15. The predicted octanol–water partition coefficient (Wildman–Crippen LogP) is 2.44. The maximum absolute atomic E-state index is 12.6. The van der Waals surface area contributed by atoms with Gasteiger partial charge in [0, 0.05) is 11.6 Å². The molecule has 3 aromatic rings. The Balaban J connectivity index is 2.08. The molecule has 0 radical (unpaired) electrons. The van der Waals surface area contributed by atoms with Crippen LogP contribution in [0, 0.1) is 0 Å². The number of nitrogens with zero attached hydrogens (tertiary/aromatic N) is 3. The van der Waals surface area contributed by atoms with Gasteiger partial charge < -0.3 is 14.2 Å². The van der Waals surface area contributed by atoms with Gasteiger partial charge >= 0.3 is 17.6 Å². The second-order valence-electron chi connectivity index (χ2n) is 7.98. The summed E-state index contributed by atoms with van der Waals surface area (Å²) in [6.07, 6.45) is 0. The molecular weight excluding hydrogens is 545 g/mol. The highest BCUT2D eigenvalue weighted by molar-refractivity contribution is 6.37. The highest BCUT2D eigenvalue weighted by atomic mass is 35.5. The third kappa shape index (κ3) is 6.11. The number of carbonyl (C=O) groups is 2. The van der Waals surface area contributed by atoms with Crippen LogP contribution in [-0.2, 0) is 19.1 Å². The number of H-pyrrole nitrogens is 2. The van der Waals surface area contributed by atoms with Crippen molar-refractivity contribution in [3.05, 3.63) is 70.7 Å². The van der Waals surface area contributed by atoms with E-state index in [1.54, 1.807) is 0 Å². The van der Waals surface area contributed by atoms with E-state index in [0.717, 1.165) is 0 Å². The SMILES string of the molecule is CCOC(=O)C(C(=O)OCC)c1nn(-c2cc(Cl)c(Oc3cc(C(C)C)c(=O)[nH]n3)c(Cl)c2)c(=O)[nH]c1=O. The highest BCUT2D eigenvalue weighted by Crippen LogP contribution is 2.37. The average molecular weight is 568 g/mol. The van der Waals surface area contributed by atoms with Crippen LogP contribution < -0.4 is 21.5 Å². The molecular formula is C23H23Cl2N5O8. The number of benzene rings is 1. The van der Waals surface area contributed by atoms with E-state index in [0.29, 0.717) is 10.2 Å². The van der Waals surface area contributed by atoms with Crippen molar-refractivity contribution in [3.8, 4) is 17.3 Å². The largest absolute Gasteiger partial charge is 0.465 e. The van der Waals surface area contributed by atoms with Crippen molar-refractivity contribution in [2.75, 3.05) is 13.2 Å². The Morgan fingerprint density at radius 2 is 1.55 bits per heavy atom. The zero-order chi connectivity index (χ0) is 28.1. The van der Waals surface area contributed by atoms with E-state index in [-0.39, 0.29) is 52.1 Å². The van der Waals surface area contributed by atoms with Crippen LogP contribution in [0.15, 0.2) is 32.6 Å². The van der Waals surface area contributed by atoms with Gasteiger partial charge in [0.2, 0.25) is 11.8 Å². The highest BCUT2D eigenvalue weighted by Gasteiger charge is 2.36. The molecule has 2 heterocycles. The molecule has 2 aromatic heterocycles. The lowest BCUT2D eigenvalue weighted by molar-refractivity contribution is -0.157. The van der Waals surface area contributed by atoms with Gasteiger partial charge in [-0.15, -0.1) is 5.10 Å². The monoisotopic (exact) mass is 567 g/mol. The first-order valence-corrected chi connectivity index (χ1v) is 12.1. The molecule has 15 heteroatoms. The number of nitrogens with one attached hydrogen (secondary N) is 2. The molecule has 202 valence electrons. The summed E-state index contributed by atoms with van der Waals surface area (Å²) >= 11 is 12.7. The van der Waals surface area contributed by atoms with Crippen LogP contribution >= 0.6 is 23.2 Å². The number of hydrogen-bond acceptors (Lipinski definition) is 10. The third-order valence-corrected chi connectivity index (χ3v) is 5.60. The van der Waals surface area contributed by atoms with Crippen molar-refractivity contribution in [2.24, 2.45) is 0 Å². The number of hydrogen-bond donors (Lipinski definition) is 2. The van der Waals surface area contributed by atoms with E-state index in [9.17, 15) is 24.0 Å². The molecule has 0 atom stereocenters. The quantitative estimate of drug-likeness (QED) is 0.288. The van der Waals surface area contributed by atoms with Gasteiger partial charge in [0.15, 0.2) is 11.4 Å². The second-order valence-corrected chi connectivity index (χ2v) is 8.79. The molecule has 38 heavy (non-hydrogen) atoms. The summed E-state index contributed by atoms with van der Waals surface area (Å²) in [5.41, 5.74) is -2.70. The van der Waals surface area contributed by atoms with E-state index in [2.05, 4.69) is 15.3 Å². The fourth-order valence-corrected chi connectivity index (χ4v) is 3.85. The summed E-state index contributed by atoms with van der Waals surface area (Å²) in [5, 5.41) is 9.92. The molecule has 0 unspecified atom stereocenters. The molecule has 0 aliphatic rings. The lowest BCUT2D eigenvalue weighted by Gasteiger charge is -2.15. The zero-order valence-electron chi connectivity index (χ0n) is 20.7. The zero-order valence-corrected chi connectivity index (χ0v) is 22.2. The molecule has 0 saturated carbocycles. The Hall–Kier alpha value is -3.97. The number of ether oxygens (including phenoxy) is 3. The minimum absolute atomic E-state index is 0.0122. The van der Waals surface area contributed by atoms with Crippen LogP contribution in [0.4, 0.5) is 0 Å². The number of aromatic nitrogens is 5. The van der Waals surface area contributed by atoms with Crippen LogP contribution in [0.2, 0.25) is 10.0 Å². The van der Waals surface area contributed by atoms with Crippen LogP contribution in [0.1, 0.15) is 50.8 Å². The summed E-state index contributed by atoms with van der Waals surface area (Å²) in [6.45, 7) is 6.50. The smallest absolute Gasteiger partial charge is 0.349 e. The van der Waals surface area contributed by atoms with E-state index in [4.69, 9.17) is 37.4 Å². The molecule has 0 fully saturated rings. The van der Waals surface area contributed by atoms with Gasteiger partial charge in [-0.1, -0.05) is 37.0 Å². The molecule has 0 amide bonds. The fourth-order valence-electron chi connectivity index (χ4n) is 3.30. The molecule has 0 bridgehead atoms. The predicted molar refractivity (Wildman–Crippen MR) is 136 cm³/mol. The lowest BCUT2D eigenvalue weighted by Crippen LogP contribution is -2.39. The minimum atomic E-state index is -1.85. The molecule has 13 nitrogen and oxygen atoms in total. The Kier molecular flexibility index (Phi) is 9.07. The van der Waals surface area contributed by atoms with Gasteiger partial charge in [-0.05, 0) is 31.9 Å². The van der Waals surface area contributed by atoms with E-state index in [1.807, 2.05) is 18.8 Å². The summed E-state index contributed by atoms with van der Waals surface area (Å²) in [6, 6.07) is 3.94. The lowest BCUT2D eigenvalue weighted by atomic mass is 10.1. The van der Waals surface area contributed by atoms with Gasteiger partial charge in [0.05, 0.1) is 28.9 Å². The number of esters is 2. The number of rotatable bonds is 9. The number of carbonyl (C=O) groups excluding carboxylic acids is 2. The normalized spacial score (nSPS) is 11.1. The Bertz CT molecular complexity index is 1500. The Labute approximate surface area is 224 Å². The van der Waals surface area contributed by atoms with Crippen molar-refractivity contribution in [2.45, 2.75) is 39.5 Å². The molecule has 0 aliphatic carbocycles. The van der Waals surface area contributed by atoms with Gasteiger partial charge in [-0.25, -0.2) is 9.89 Å². The molecule has 1 aromatic carbocycles. The Morgan fingerprint density at radius 3 is 2.08 bits per heavy atom. The summed E-state index contributed by atoms with van der Waals surface area (Å²) < 4.78 is 16.1. The minimum Gasteiger partial charge on any atom is -0.465 e. The van der Waals surface area contributed by atoms with Crippen molar-refractivity contribution in [3.63, 3.8) is 0 Å². The first-order valence-electron chi connectivity index (χ1n) is 11.3. The first kappa shape index (κ1) is 28.6. The van der Waals surface area contributed by atoms with Crippen LogP contribution in [0.3, 0.4) is 0 Å². The fraction of sp³-hybridized carbons (Fsp3) is 0.348. The second kappa shape index (κ2) is 12.0. The molecule has 0 aliphatic heterocycles. The van der Waals surface area contributed by atoms with Gasteiger partial charge in [-0.2, -0.15) is 9.78 Å². The molecule has 0 spiro atoms. The average Bonchev–Trinajstić information content (AvgIpc) is 2.84.